The molecule has 2 aromatic heterocycles. The van der Waals surface area contributed by atoms with Gasteiger partial charge in [0, 0.05) is 0 Å². The summed E-state index contributed by atoms with van der Waals surface area (Å²) >= 11 is -2.71. The van der Waals surface area contributed by atoms with Gasteiger partial charge < -0.3 is 0 Å². The van der Waals surface area contributed by atoms with Gasteiger partial charge in [0.05, 0.1) is 0 Å². The number of H-pyrrole nitrogens is 4. The van der Waals surface area contributed by atoms with Crippen molar-refractivity contribution in [2.24, 2.45) is 0 Å². The van der Waals surface area contributed by atoms with Gasteiger partial charge in [0.25, 0.3) is 0 Å². The zero-order valence-corrected chi connectivity index (χ0v) is 14.8. The first-order valence-electron chi connectivity index (χ1n) is 5.70. The van der Waals surface area contributed by atoms with Crippen molar-refractivity contribution in [1.82, 2.24) is 19.9 Å². The molecule has 4 N–H and O–H groups in total. The van der Waals surface area contributed by atoms with Crippen molar-refractivity contribution in [3.8, 4) is 0 Å². The fraction of sp³-hybridized carbons (Fsp3) is 0. The van der Waals surface area contributed by atoms with Crippen molar-refractivity contribution in [2.75, 3.05) is 0 Å². The molecule has 0 fully saturated rings. The van der Waals surface area contributed by atoms with Crippen molar-refractivity contribution in [3.05, 3.63) is 65.2 Å². The van der Waals surface area contributed by atoms with Crippen molar-refractivity contribution in [1.29, 1.82) is 0 Å². The molecule has 0 aliphatic heterocycles. The van der Waals surface area contributed by atoms with Crippen molar-refractivity contribution in [3.63, 3.8) is 0 Å². The maximum absolute atomic E-state index is 11.6. The second-order valence-electron chi connectivity index (χ2n) is 3.87. The molecule has 0 aliphatic carbocycles. The fourth-order valence-electron chi connectivity index (χ4n) is 1.36. The van der Waals surface area contributed by atoms with Crippen LogP contribution in [0.1, 0.15) is 21.0 Å². The summed E-state index contributed by atoms with van der Waals surface area (Å²) in [6.45, 7) is 0. The van der Waals surface area contributed by atoms with Crippen LogP contribution < -0.4 is 22.5 Å². The number of hydrogen-bond acceptors (Lipinski definition) is 8. The minimum atomic E-state index is -2.71. The SMILES string of the molecule is O=C([O][Pb][O]C(=O)c1cc(=O)[nH]c(=O)[nH]1)c1cc(=O)[nH]c(=O)[nH]1. The Morgan fingerprint density at radius 1 is 0.739 bits per heavy atom. The Labute approximate surface area is 137 Å². The van der Waals surface area contributed by atoms with Gasteiger partial charge in [0.1, 0.15) is 0 Å². The van der Waals surface area contributed by atoms with E-state index in [-0.39, 0.29) is 0 Å². The molecule has 0 bridgehead atoms. The van der Waals surface area contributed by atoms with Crippen LogP contribution >= 0.6 is 0 Å². The number of nitrogens with one attached hydrogen (secondary N) is 4. The quantitative estimate of drug-likeness (QED) is 0.309. The van der Waals surface area contributed by atoms with Gasteiger partial charge in [-0.05, 0) is 0 Å². The van der Waals surface area contributed by atoms with Gasteiger partial charge in [-0.2, -0.15) is 0 Å². The standard InChI is InChI=1S/2C5H4N2O4.Pb/c2*8-3-1-2(4(9)10)6-5(11)7-3;/h2*1H,(H,9,10)(H2,6,7,8,11);/q;;+2/p-2. The minimum absolute atomic E-state index is 0.396. The third-order valence-corrected chi connectivity index (χ3v) is 4.32. The summed E-state index contributed by atoms with van der Waals surface area (Å²) in [7, 11) is 0. The molecule has 2 heterocycles. The Hall–Kier alpha value is -2.78. The second-order valence-corrected chi connectivity index (χ2v) is 6.10. The summed E-state index contributed by atoms with van der Waals surface area (Å²) in [5.41, 5.74) is -4.18. The van der Waals surface area contributed by atoms with Crippen molar-refractivity contribution < 1.29 is 15.0 Å². The Morgan fingerprint density at radius 3 is 1.48 bits per heavy atom. The summed E-state index contributed by atoms with van der Waals surface area (Å²) in [4.78, 5) is 75.0. The van der Waals surface area contributed by atoms with Gasteiger partial charge in [-0.15, -0.1) is 0 Å². The molecule has 0 unspecified atom stereocenters. The van der Waals surface area contributed by atoms with Crippen LogP contribution in [0.3, 0.4) is 0 Å². The Morgan fingerprint density at radius 2 is 1.13 bits per heavy atom. The second kappa shape index (κ2) is 6.99. The third kappa shape index (κ3) is 4.60. The van der Waals surface area contributed by atoms with Crippen LogP contribution in [-0.4, -0.2) is 57.0 Å². The van der Waals surface area contributed by atoms with Gasteiger partial charge in [-0.1, -0.05) is 0 Å². The monoisotopic (exact) mass is 518 g/mol. The van der Waals surface area contributed by atoms with E-state index in [1.54, 1.807) is 0 Å². The van der Waals surface area contributed by atoms with Gasteiger partial charge in [0.2, 0.25) is 0 Å². The predicted octanol–water partition coefficient (Wildman–Crippen LogP) is -3.01. The van der Waals surface area contributed by atoms with Crippen LogP contribution in [0, 0.1) is 0 Å². The van der Waals surface area contributed by atoms with E-state index < -0.39 is 71.0 Å². The van der Waals surface area contributed by atoms with Crippen LogP contribution in [-0.2, 0) is 5.37 Å². The number of aromatic amines is 4. The van der Waals surface area contributed by atoms with E-state index >= 15 is 0 Å². The molecule has 0 saturated heterocycles. The van der Waals surface area contributed by atoms with Crippen molar-refractivity contribution in [2.45, 2.75) is 0 Å². The van der Waals surface area contributed by atoms with E-state index in [0.717, 1.165) is 12.1 Å². The first kappa shape index (κ1) is 16.6. The average Bonchev–Trinajstić information content (AvgIpc) is 2.44. The first-order valence-corrected chi connectivity index (χ1v) is 8.87. The van der Waals surface area contributed by atoms with Gasteiger partial charge >= 0.3 is 137 Å². The van der Waals surface area contributed by atoms with Crippen LogP contribution in [0.5, 0.6) is 0 Å². The van der Waals surface area contributed by atoms with Gasteiger partial charge in [0.15, 0.2) is 0 Å². The molecule has 13 heteroatoms. The molecule has 0 amide bonds. The molecule has 0 aromatic carbocycles. The van der Waals surface area contributed by atoms with Gasteiger partial charge in [-0.25, -0.2) is 0 Å². The van der Waals surface area contributed by atoms with E-state index in [1.807, 2.05) is 19.9 Å². The molecule has 12 nitrogen and oxygen atoms in total. The molecule has 0 atom stereocenters. The molecule has 2 aromatic rings. The molecular weight excluding hydrogens is 511 g/mol. The number of aromatic nitrogens is 4. The zero-order valence-electron chi connectivity index (χ0n) is 10.9. The Bertz CT molecular complexity index is 847. The van der Waals surface area contributed by atoms with Crippen molar-refractivity contribution >= 4 is 37.1 Å². The summed E-state index contributed by atoms with van der Waals surface area (Å²) in [6, 6.07) is 1.62. The predicted molar refractivity (Wildman–Crippen MR) is 72.0 cm³/mol. The average molecular weight is 517 g/mol. The summed E-state index contributed by atoms with van der Waals surface area (Å²) in [5.74, 6) is -2.08. The fourth-order valence-corrected chi connectivity index (χ4v) is 2.97. The molecule has 0 saturated carbocycles. The number of rotatable bonds is 4. The van der Waals surface area contributed by atoms with E-state index in [2.05, 4.69) is 0 Å². The molecule has 2 rings (SSSR count). The molecule has 0 aliphatic rings. The molecule has 23 heavy (non-hydrogen) atoms. The zero-order chi connectivity index (χ0) is 17.0. The summed E-state index contributed by atoms with van der Waals surface area (Å²) < 4.78 is 9.40. The van der Waals surface area contributed by atoms with Crippen LogP contribution in [0.4, 0.5) is 0 Å². The molecule has 118 valence electrons. The maximum atomic E-state index is 11.6. The van der Waals surface area contributed by atoms with E-state index in [9.17, 15) is 28.8 Å². The normalized spacial score (nSPS) is 10.1. The Balaban J connectivity index is 1.99. The Kier molecular flexibility index (Phi) is 5.04. The van der Waals surface area contributed by atoms with Crippen LogP contribution in [0.15, 0.2) is 31.3 Å². The van der Waals surface area contributed by atoms with Crippen LogP contribution in [0.2, 0.25) is 0 Å². The van der Waals surface area contributed by atoms with E-state index in [4.69, 9.17) is 5.37 Å². The van der Waals surface area contributed by atoms with Gasteiger partial charge in [-0.3, -0.25) is 0 Å². The molecule has 0 spiro atoms. The summed E-state index contributed by atoms with van der Waals surface area (Å²) in [5, 5.41) is 0. The van der Waals surface area contributed by atoms with E-state index in [0.29, 0.717) is 0 Å². The molecule has 2 radical (unpaired) electrons. The third-order valence-electron chi connectivity index (χ3n) is 2.23. The first-order chi connectivity index (χ1) is 10.8. The summed E-state index contributed by atoms with van der Waals surface area (Å²) in [6.07, 6.45) is 0. The van der Waals surface area contributed by atoms with Crippen LogP contribution in [0.25, 0.3) is 0 Å². The topological polar surface area (TPSA) is 184 Å². The number of carbonyl (C=O) groups is 2. The number of carbonyl (C=O) groups excluding carboxylic acids is 2. The van der Waals surface area contributed by atoms with E-state index in [1.165, 1.54) is 0 Å². The number of hydrogen-bond donors (Lipinski definition) is 4. The molecular formula is C10H6N4O8Pb.